The lowest BCUT2D eigenvalue weighted by Gasteiger charge is -2.08. The molecule has 156 valence electrons. The molecule has 0 amide bonds. The summed E-state index contributed by atoms with van der Waals surface area (Å²) in [5.41, 5.74) is 0.768. The summed E-state index contributed by atoms with van der Waals surface area (Å²) in [5, 5.41) is 0.245. The van der Waals surface area contributed by atoms with Crippen LogP contribution >= 0.6 is 11.6 Å². The summed E-state index contributed by atoms with van der Waals surface area (Å²) in [6.07, 6.45) is 10.7. The third kappa shape index (κ3) is 8.28. The Hall–Kier alpha value is -2.33. The molecule has 0 radical (unpaired) electrons. The summed E-state index contributed by atoms with van der Waals surface area (Å²) in [5.74, 6) is 0.540. The number of ether oxygens (including phenoxy) is 2. The third-order valence-corrected chi connectivity index (χ3v) is 4.99. The smallest absolute Gasteiger partial charge is 0.343 e. The Morgan fingerprint density at radius 3 is 2.14 bits per heavy atom. The zero-order chi connectivity index (χ0) is 20.9. The second-order valence-corrected chi connectivity index (χ2v) is 7.45. The van der Waals surface area contributed by atoms with Crippen LogP contribution in [0.4, 0.5) is 0 Å². The van der Waals surface area contributed by atoms with Gasteiger partial charge in [0.2, 0.25) is 0 Å². The largest absolute Gasteiger partial charge is 0.494 e. The highest BCUT2D eigenvalue weighted by atomic mass is 35.5. The lowest BCUT2D eigenvalue weighted by atomic mass is 10.1. The molecule has 0 bridgehead atoms. The van der Waals surface area contributed by atoms with E-state index in [2.05, 4.69) is 6.92 Å². The van der Waals surface area contributed by atoms with Crippen molar-refractivity contribution < 1.29 is 19.1 Å². The van der Waals surface area contributed by atoms with E-state index >= 15 is 0 Å². The fourth-order valence-electron chi connectivity index (χ4n) is 2.95. The van der Waals surface area contributed by atoms with Crippen LogP contribution in [0.2, 0.25) is 5.02 Å². The minimum Gasteiger partial charge on any atom is -0.494 e. The molecule has 2 aromatic carbocycles. The van der Waals surface area contributed by atoms with E-state index < -0.39 is 5.97 Å². The van der Waals surface area contributed by atoms with Gasteiger partial charge >= 0.3 is 5.97 Å². The Morgan fingerprint density at radius 2 is 1.52 bits per heavy atom. The van der Waals surface area contributed by atoms with Crippen LogP contribution in [0, 0.1) is 0 Å². The topological polar surface area (TPSA) is 52.6 Å². The van der Waals surface area contributed by atoms with E-state index in [1.165, 1.54) is 63.1 Å². The Morgan fingerprint density at radius 1 is 0.897 bits per heavy atom. The maximum atomic E-state index is 12.2. The number of carbonyl (C=O) groups is 2. The van der Waals surface area contributed by atoms with Crippen molar-refractivity contribution in [2.24, 2.45) is 0 Å². The third-order valence-electron chi connectivity index (χ3n) is 4.67. The fraction of sp³-hybridized carbons (Fsp3) is 0.417. The second-order valence-electron chi connectivity index (χ2n) is 7.04. The SMILES string of the molecule is CCCCCCCCCCOc1ccc(C(=O)Oc2ccc(C=O)c(Cl)c2)cc1. The summed E-state index contributed by atoms with van der Waals surface area (Å²) in [6.45, 7) is 2.91. The fourth-order valence-corrected chi connectivity index (χ4v) is 3.16. The molecule has 5 heteroatoms. The first kappa shape index (κ1) is 23.0. The van der Waals surface area contributed by atoms with E-state index in [1.807, 2.05) is 0 Å². The number of carbonyl (C=O) groups excluding carboxylic acids is 2. The molecule has 0 unspecified atom stereocenters. The van der Waals surface area contributed by atoms with E-state index in [0.29, 0.717) is 29.8 Å². The average molecular weight is 417 g/mol. The number of rotatable bonds is 13. The van der Waals surface area contributed by atoms with Gasteiger partial charge in [-0.25, -0.2) is 4.79 Å². The number of benzene rings is 2. The summed E-state index contributed by atoms with van der Waals surface area (Å²) >= 11 is 5.95. The van der Waals surface area contributed by atoms with Gasteiger partial charge in [0.25, 0.3) is 0 Å². The van der Waals surface area contributed by atoms with Crippen LogP contribution in [0.15, 0.2) is 42.5 Å². The first-order valence-corrected chi connectivity index (χ1v) is 10.7. The molecule has 0 atom stereocenters. The molecule has 0 saturated carbocycles. The van der Waals surface area contributed by atoms with Gasteiger partial charge in [-0.15, -0.1) is 0 Å². The highest BCUT2D eigenvalue weighted by Crippen LogP contribution is 2.22. The van der Waals surface area contributed by atoms with E-state index in [0.717, 1.165) is 12.2 Å². The van der Waals surface area contributed by atoms with Crippen molar-refractivity contribution in [2.45, 2.75) is 58.3 Å². The standard InChI is InChI=1S/C24H29ClO4/c1-2-3-4-5-6-7-8-9-16-28-21-13-10-19(11-14-21)24(27)29-22-15-12-20(18-26)23(25)17-22/h10-15,17-18H,2-9,16H2,1H3. The predicted molar refractivity (Wildman–Crippen MR) is 116 cm³/mol. The highest BCUT2D eigenvalue weighted by molar-refractivity contribution is 6.33. The van der Waals surface area contributed by atoms with Crippen molar-refractivity contribution in [3.05, 3.63) is 58.6 Å². The zero-order valence-corrected chi connectivity index (χ0v) is 17.7. The summed E-state index contributed by atoms with van der Waals surface area (Å²) in [4.78, 5) is 23.0. The van der Waals surface area contributed by atoms with Crippen molar-refractivity contribution in [2.75, 3.05) is 6.61 Å². The first-order chi connectivity index (χ1) is 14.1. The Kier molecular flexibility index (Phi) is 10.3. The van der Waals surface area contributed by atoms with Crippen molar-refractivity contribution >= 4 is 23.9 Å². The number of esters is 1. The number of halogens is 1. The van der Waals surface area contributed by atoms with Gasteiger partial charge in [-0.1, -0.05) is 63.5 Å². The molecular weight excluding hydrogens is 388 g/mol. The number of hydrogen-bond acceptors (Lipinski definition) is 4. The Labute approximate surface area is 178 Å². The lowest BCUT2D eigenvalue weighted by Crippen LogP contribution is -2.08. The molecule has 4 nitrogen and oxygen atoms in total. The van der Waals surface area contributed by atoms with E-state index in [-0.39, 0.29) is 5.02 Å². The molecule has 29 heavy (non-hydrogen) atoms. The molecule has 0 heterocycles. The first-order valence-electron chi connectivity index (χ1n) is 10.3. The van der Waals surface area contributed by atoms with E-state index in [4.69, 9.17) is 21.1 Å². The van der Waals surface area contributed by atoms with Crippen molar-refractivity contribution in [1.82, 2.24) is 0 Å². The minimum absolute atomic E-state index is 0.245. The molecule has 0 aliphatic heterocycles. The van der Waals surface area contributed by atoms with Gasteiger partial charge in [0.1, 0.15) is 11.5 Å². The average Bonchev–Trinajstić information content (AvgIpc) is 2.73. The maximum absolute atomic E-state index is 12.2. The molecule has 2 rings (SSSR count). The predicted octanol–water partition coefficient (Wildman–Crippen LogP) is 6.89. The minimum atomic E-state index is -0.491. The number of aldehydes is 1. The van der Waals surface area contributed by atoms with Crippen LogP contribution in [0.3, 0.4) is 0 Å². The molecule has 0 saturated heterocycles. The quantitative estimate of drug-likeness (QED) is 0.154. The van der Waals surface area contributed by atoms with Crippen molar-refractivity contribution in [3.63, 3.8) is 0 Å². The van der Waals surface area contributed by atoms with Crippen LogP contribution < -0.4 is 9.47 Å². The van der Waals surface area contributed by atoms with Gasteiger partial charge in [0, 0.05) is 11.6 Å². The monoisotopic (exact) mass is 416 g/mol. The van der Waals surface area contributed by atoms with Gasteiger partial charge in [0.05, 0.1) is 17.2 Å². The van der Waals surface area contributed by atoms with Crippen LogP contribution in [-0.2, 0) is 0 Å². The number of hydrogen-bond donors (Lipinski definition) is 0. The number of unbranched alkanes of at least 4 members (excludes halogenated alkanes) is 7. The van der Waals surface area contributed by atoms with Crippen LogP contribution in [-0.4, -0.2) is 18.9 Å². The second kappa shape index (κ2) is 13.0. The molecular formula is C24H29ClO4. The molecule has 0 aliphatic rings. The van der Waals surface area contributed by atoms with Crippen molar-refractivity contribution in [1.29, 1.82) is 0 Å². The zero-order valence-electron chi connectivity index (χ0n) is 17.0. The van der Waals surface area contributed by atoms with Gasteiger partial charge in [-0.05, 0) is 42.8 Å². The summed E-state index contributed by atoms with van der Waals surface area (Å²) in [7, 11) is 0. The molecule has 0 spiro atoms. The molecule has 0 fully saturated rings. The van der Waals surface area contributed by atoms with Gasteiger partial charge in [-0.2, -0.15) is 0 Å². The van der Waals surface area contributed by atoms with Crippen LogP contribution in [0.5, 0.6) is 11.5 Å². The Balaban J connectivity index is 1.70. The van der Waals surface area contributed by atoms with Gasteiger partial charge < -0.3 is 9.47 Å². The highest BCUT2D eigenvalue weighted by Gasteiger charge is 2.10. The normalized spacial score (nSPS) is 10.6. The molecule has 0 N–H and O–H groups in total. The molecule has 0 aliphatic carbocycles. The van der Waals surface area contributed by atoms with E-state index in [9.17, 15) is 9.59 Å². The molecule has 0 aromatic heterocycles. The molecule has 2 aromatic rings. The van der Waals surface area contributed by atoms with Gasteiger partial charge in [0.15, 0.2) is 6.29 Å². The van der Waals surface area contributed by atoms with Crippen LogP contribution in [0.1, 0.15) is 79.0 Å². The summed E-state index contributed by atoms with van der Waals surface area (Å²) < 4.78 is 11.0. The Bertz CT molecular complexity index is 771. The van der Waals surface area contributed by atoms with Gasteiger partial charge in [-0.3, -0.25) is 4.79 Å². The van der Waals surface area contributed by atoms with E-state index in [1.54, 1.807) is 24.3 Å². The van der Waals surface area contributed by atoms with Crippen molar-refractivity contribution in [3.8, 4) is 11.5 Å². The summed E-state index contributed by atoms with van der Waals surface area (Å²) in [6, 6.07) is 11.4. The van der Waals surface area contributed by atoms with Crippen LogP contribution in [0.25, 0.3) is 0 Å². The maximum Gasteiger partial charge on any atom is 0.343 e. The lowest BCUT2D eigenvalue weighted by molar-refractivity contribution is 0.0734.